The van der Waals surface area contributed by atoms with Crippen LogP contribution in [0, 0.1) is 0 Å². The van der Waals surface area contributed by atoms with E-state index in [2.05, 4.69) is 9.97 Å². The van der Waals surface area contributed by atoms with Gasteiger partial charge in [-0.3, -0.25) is 4.79 Å². The fourth-order valence-electron chi connectivity index (χ4n) is 1.96. The normalized spacial score (nSPS) is 11.0. The number of anilines is 1. The number of pyridine rings is 1. The summed E-state index contributed by atoms with van der Waals surface area (Å²) in [4.78, 5) is 22.1. The highest BCUT2D eigenvalue weighted by Crippen LogP contribution is 2.23. The zero-order valence-corrected chi connectivity index (χ0v) is 11.6. The number of hydrogen-bond donors (Lipinski definition) is 0. The molecule has 0 spiro atoms. The van der Waals surface area contributed by atoms with Crippen LogP contribution in [0.2, 0.25) is 0 Å². The van der Waals surface area contributed by atoms with Crippen molar-refractivity contribution in [3.05, 3.63) is 18.6 Å². The maximum atomic E-state index is 11.5. The molecule has 6 nitrogen and oxygen atoms in total. The van der Waals surface area contributed by atoms with Gasteiger partial charge in [0.25, 0.3) is 0 Å². The second-order valence-corrected chi connectivity index (χ2v) is 4.66. The maximum Gasteiger partial charge on any atom is 0.325 e. The van der Waals surface area contributed by atoms with Gasteiger partial charge in [0.1, 0.15) is 12.1 Å². The van der Waals surface area contributed by atoms with E-state index in [0.29, 0.717) is 5.82 Å². The fourth-order valence-corrected chi connectivity index (χ4v) is 1.96. The average molecular weight is 262 g/mol. The summed E-state index contributed by atoms with van der Waals surface area (Å²) in [6, 6.07) is 2.03. The van der Waals surface area contributed by atoms with Gasteiger partial charge in [-0.2, -0.15) is 0 Å². The quantitative estimate of drug-likeness (QED) is 0.778. The van der Waals surface area contributed by atoms with Crippen LogP contribution in [0.5, 0.6) is 0 Å². The summed E-state index contributed by atoms with van der Waals surface area (Å²) in [6.45, 7) is 4.18. The molecule has 2 aromatic rings. The Balaban J connectivity index is 2.47. The molecule has 2 rings (SSSR count). The number of imidazole rings is 1. The second kappa shape index (κ2) is 5.26. The first-order valence-electron chi connectivity index (χ1n) is 6.14. The van der Waals surface area contributed by atoms with Gasteiger partial charge in [-0.05, 0) is 19.9 Å². The van der Waals surface area contributed by atoms with Crippen LogP contribution in [-0.2, 0) is 16.6 Å². The number of hydrogen-bond acceptors (Lipinski definition) is 5. The van der Waals surface area contributed by atoms with Crippen LogP contribution in [0.25, 0.3) is 11.0 Å². The first kappa shape index (κ1) is 13.3. The zero-order chi connectivity index (χ0) is 14.0. The molecule has 0 aliphatic carbocycles. The molecule has 0 N–H and O–H groups in total. The van der Waals surface area contributed by atoms with Crippen LogP contribution in [0.1, 0.15) is 13.8 Å². The lowest BCUT2D eigenvalue weighted by atomic mass is 10.2. The molecule has 0 aliphatic rings. The van der Waals surface area contributed by atoms with Gasteiger partial charge in [-0.1, -0.05) is 0 Å². The molecule has 0 saturated carbocycles. The molecule has 0 unspecified atom stereocenters. The summed E-state index contributed by atoms with van der Waals surface area (Å²) < 4.78 is 6.66. The summed E-state index contributed by atoms with van der Waals surface area (Å²) in [7, 11) is 3.31. The molecular formula is C13H18N4O2. The molecule has 0 radical (unpaired) electrons. The number of esters is 1. The maximum absolute atomic E-state index is 11.5. The molecule has 2 aromatic heterocycles. The van der Waals surface area contributed by atoms with Gasteiger partial charge in [0.05, 0.1) is 19.0 Å². The Morgan fingerprint density at radius 1 is 1.47 bits per heavy atom. The Bertz CT molecular complexity index is 591. The van der Waals surface area contributed by atoms with E-state index in [1.165, 1.54) is 7.11 Å². The second-order valence-electron chi connectivity index (χ2n) is 4.66. The standard InChI is InChI=1S/C13H18N4O2/c1-9(2)17(7-11(18)19-4)13-12-10(5-6-14-13)16(3)8-15-12/h5-6,8-9H,7H2,1-4H3. The highest BCUT2D eigenvalue weighted by molar-refractivity contribution is 5.88. The van der Waals surface area contributed by atoms with Crippen molar-refractivity contribution in [3.63, 3.8) is 0 Å². The predicted molar refractivity (Wildman–Crippen MR) is 73.0 cm³/mol. The SMILES string of the molecule is COC(=O)CN(c1nccc2c1ncn2C)C(C)C. The first-order chi connectivity index (χ1) is 9.04. The summed E-state index contributed by atoms with van der Waals surface area (Å²) in [6.07, 6.45) is 3.47. The first-order valence-corrected chi connectivity index (χ1v) is 6.14. The summed E-state index contributed by atoms with van der Waals surface area (Å²) in [5.74, 6) is 0.418. The minimum absolute atomic E-state index is 0.124. The Morgan fingerprint density at radius 3 is 2.84 bits per heavy atom. The van der Waals surface area contributed by atoms with Crippen molar-refractivity contribution in [2.24, 2.45) is 7.05 Å². The molecule has 0 amide bonds. The van der Waals surface area contributed by atoms with Gasteiger partial charge >= 0.3 is 5.97 Å². The lowest BCUT2D eigenvalue weighted by molar-refractivity contribution is -0.139. The molecule has 0 aliphatic heterocycles. The van der Waals surface area contributed by atoms with Crippen molar-refractivity contribution < 1.29 is 9.53 Å². The molecule has 6 heteroatoms. The van der Waals surface area contributed by atoms with E-state index in [1.54, 1.807) is 12.5 Å². The van der Waals surface area contributed by atoms with Crippen LogP contribution < -0.4 is 4.90 Å². The summed E-state index contributed by atoms with van der Waals surface area (Å²) >= 11 is 0. The van der Waals surface area contributed by atoms with Crippen LogP contribution in [0.4, 0.5) is 5.82 Å². The van der Waals surface area contributed by atoms with Gasteiger partial charge in [0.15, 0.2) is 5.82 Å². The van der Waals surface area contributed by atoms with Gasteiger partial charge in [-0.25, -0.2) is 9.97 Å². The summed E-state index contributed by atoms with van der Waals surface area (Å²) in [5.41, 5.74) is 1.78. The van der Waals surface area contributed by atoms with Crippen molar-refractivity contribution >= 4 is 22.8 Å². The van der Waals surface area contributed by atoms with Crippen molar-refractivity contribution in [1.82, 2.24) is 14.5 Å². The molecule has 0 fully saturated rings. The number of methoxy groups -OCH3 is 1. The van der Waals surface area contributed by atoms with Crippen LogP contribution in [0.3, 0.4) is 0 Å². The van der Waals surface area contributed by atoms with E-state index in [9.17, 15) is 4.79 Å². The van der Waals surface area contributed by atoms with Gasteiger partial charge in [-0.15, -0.1) is 0 Å². The average Bonchev–Trinajstić information content (AvgIpc) is 2.77. The van der Waals surface area contributed by atoms with Gasteiger partial charge in [0, 0.05) is 19.3 Å². The number of rotatable bonds is 4. The number of carbonyl (C=O) groups is 1. The number of nitrogens with zero attached hydrogens (tertiary/aromatic N) is 4. The smallest absolute Gasteiger partial charge is 0.325 e. The largest absolute Gasteiger partial charge is 0.468 e. The highest BCUT2D eigenvalue weighted by Gasteiger charge is 2.20. The molecule has 0 saturated heterocycles. The van der Waals surface area contributed by atoms with Crippen LogP contribution in [-0.4, -0.2) is 40.2 Å². The van der Waals surface area contributed by atoms with Crippen LogP contribution >= 0.6 is 0 Å². The van der Waals surface area contributed by atoms with Gasteiger partial charge < -0.3 is 14.2 Å². The van der Waals surface area contributed by atoms with Crippen molar-refractivity contribution in [1.29, 1.82) is 0 Å². The fraction of sp³-hybridized carbons (Fsp3) is 0.462. The zero-order valence-electron chi connectivity index (χ0n) is 11.6. The molecule has 0 aromatic carbocycles. The molecule has 19 heavy (non-hydrogen) atoms. The van der Waals surface area contributed by atoms with E-state index in [0.717, 1.165) is 11.0 Å². The lowest BCUT2D eigenvalue weighted by Crippen LogP contribution is -2.37. The Hall–Kier alpha value is -2.11. The van der Waals surface area contributed by atoms with Crippen molar-refractivity contribution in [2.75, 3.05) is 18.6 Å². The lowest BCUT2D eigenvalue weighted by Gasteiger charge is -2.26. The third-order valence-corrected chi connectivity index (χ3v) is 3.05. The minimum Gasteiger partial charge on any atom is -0.468 e. The van der Waals surface area contributed by atoms with E-state index in [-0.39, 0.29) is 18.6 Å². The van der Waals surface area contributed by atoms with Crippen LogP contribution in [0.15, 0.2) is 18.6 Å². The number of carbonyl (C=O) groups excluding carboxylic acids is 1. The van der Waals surface area contributed by atoms with Crippen molar-refractivity contribution in [2.45, 2.75) is 19.9 Å². The third kappa shape index (κ3) is 2.52. The molecule has 102 valence electrons. The number of aromatic nitrogens is 3. The molecule has 0 atom stereocenters. The third-order valence-electron chi connectivity index (χ3n) is 3.05. The van der Waals surface area contributed by atoms with E-state index < -0.39 is 0 Å². The Labute approximate surface area is 112 Å². The number of aryl methyl sites for hydroxylation is 1. The number of fused-ring (bicyclic) bond motifs is 1. The van der Waals surface area contributed by atoms with Gasteiger partial charge in [0.2, 0.25) is 0 Å². The molecule has 0 bridgehead atoms. The topological polar surface area (TPSA) is 60.2 Å². The van der Waals surface area contributed by atoms with E-state index in [1.807, 2.05) is 36.4 Å². The Kier molecular flexibility index (Phi) is 3.69. The summed E-state index contributed by atoms with van der Waals surface area (Å²) in [5, 5.41) is 0. The molecule has 2 heterocycles. The molecular weight excluding hydrogens is 244 g/mol. The minimum atomic E-state index is -0.288. The van der Waals surface area contributed by atoms with E-state index in [4.69, 9.17) is 4.74 Å². The van der Waals surface area contributed by atoms with E-state index >= 15 is 0 Å². The number of ether oxygens (including phenoxy) is 1. The van der Waals surface area contributed by atoms with Crippen molar-refractivity contribution in [3.8, 4) is 0 Å². The predicted octanol–water partition coefficient (Wildman–Crippen LogP) is 1.36. The monoisotopic (exact) mass is 262 g/mol. The Morgan fingerprint density at radius 2 is 2.21 bits per heavy atom. The highest BCUT2D eigenvalue weighted by atomic mass is 16.5.